The monoisotopic (exact) mass is 300 g/mol. The molecule has 1 atom stereocenters. The summed E-state index contributed by atoms with van der Waals surface area (Å²) >= 11 is 3.40. The van der Waals surface area contributed by atoms with Crippen LogP contribution in [0.2, 0.25) is 0 Å². The SMILES string of the molecule is CCN1CCOC(c2ncc(Br)c(NC)n2)C1. The number of anilines is 1. The third-order valence-corrected chi connectivity index (χ3v) is 3.47. The van der Waals surface area contributed by atoms with Crippen molar-refractivity contribution in [1.82, 2.24) is 14.9 Å². The summed E-state index contributed by atoms with van der Waals surface area (Å²) in [6.45, 7) is 5.79. The third-order valence-electron chi connectivity index (χ3n) is 2.89. The number of ether oxygens (including phenoxy) is 1. The van der Waals surface area contributed by atoms with E-state index in [1.807, 2.05) is 7.05 Å². The molecular formula is C11H17BrN4O. The van der Waals surface area contributed by atoms with E-state index in [1.54, 1.807) is 6.20 Å². The van der Waals surface area contributed by atoms with Gasteiger partial charge in [0.15, 0.2) is 5.82 Å². The van der Waals surface area contributed by atoms with Crippen molar-refractivity contribution in [2.45, 2.75) is 13.0 Å². The summed E-state index contributed by atoms with van der Waals surface area (Å²) in [4.78, 5) is 11.1. The number of morpholine rings is 1. The van der Waals surface area contributed by atoms with E-state index in [0.717, 1.165) is 42.4 Å². The van der Waals surface area contributed by atoms with Crippen LogP contribution in [0.15, 0.2) is 10.7 Å². The predicted octanol–water partition coefficient (Wildman–Crippen LogP) is 1.67. The lowest BCUT2D eigenvalue weighted by molar-refractivity contribution is -0.0325. The van der Waals surface area contributed by atoms with Crippen molar-refractivity contribution in [3.63, 3.8) is 0 Å². The smallest absolute Gasteiger partial charge is 0.160 e. The number of hydrogen-bond donors (Lipinski definition) is 1. The van der Waals surface area contributed by atoms with Gasteiger partial charge in [0.25, 0.3) is 0 Å². The molecule has 0 radical (unpaired) electrons. The summed E-state index contributed by atoms with van der Waals surface area (Å²) in [6.07, 6.45) is 1.74. The van der Waals surface area contributed by atoms with Crippen LogP contribution in [0.25, 0.3) is 0 Å². The Morgan fingerprint density at radius 3 is 3.18 bits per heavy atom. The quantitative estimate of drug-likeness (QED) is 0.920. The number of nitrogens with one attached hydrogen (secondary N) is 1. The highest BCUT2D eigenvalue weighted by Gasteiger charge is 2.23. The van der Waals surface area contributed by atoms with Crippen LogP contribution in [0.5, 0.6) is 0 Å². The minimum Gasteiger partial charge on any atom is -0.372 e. The Kier molecular flexibility index (Phi) is 4.31. The van der Waals surface area contributed by atoms with Crippen molar-refractivity contribution < 1.29 is 4.74 Å². The van der Waals surface area contributed by atoms with Crippen LogP contribution in [0.1, 0.15) is 18.9 Å². The van der Waals surface area contributed by atoms with E-state index in [4.69, 9.17) is 4.74 Å². The third kappa shape index (κ3) is 2.94. The van der Waals surface area contributed by atoms with E-state index in [9.17, 15) is 0 Å². The van der Waals surface area contributed by atoms with Crippen molar-refractivity contribution in [2.24, 2.45) is 0 Å². The van der Waals surface area contributed by atoms with E-state index in [-0.39, 0.29) is 6.10 Å². The van der Waals surface area contributed by atoms with Gasteiger partial charge in [-0.15, -0.1) is 0 Å². The van der Waals surface area contributed by atoms with Gasteiger partial charge in [-0.25, -0.2) is 9.97 Å². The maximum Gasteiger partial charge on any atom is 0.160 e. The second-order valence-corrected chi connectivity index (χ2v) is 4.78. The van der Waals surface area contributed by atoms with Gasteiger partial charge < -0.3 is 10.1 Å². The molecule has 1 aliphatic rings. The van der Waals surface area contributed by atoms with E-state index in [2.05, 4.69) is 43.0 Å². The molecular weight excluding hydrogens is 284 g/mol. The van der Waals surface area contributed by atoms with E-state index >= 15 is 0 Å². The van der Waals surface area contributed by atoms with Crippen LogP contribution in [0.3, 0.4) is 0 Å². The van der Waals surface area contributed by atoms with Gasteiger partial charge in [0.2, 0.25) is 0 Å². The van der Waals surface area contributed by atoms with Gasteiger partial charge in [0, 0.05) is 26.3 Å². The van der Waals surface area contributed by atoms with Crippen molar-refractivity contribution in [3.05, 3.63) is 16.5 Å². The Bertz CT molecular complexity index is 388. The second kappa shape index (κ2) is 5.75. The summed E-state index contributed by atoms with van der Waals surface area (Å²) < 4.78 is 6.59. The maximum atomic E-state index is 5.73. The van der Waals surface area contributed by atoms with Gasteiger partial charge in [-0.2, -0.15) is 0 Å². The number of aromatic nitrogens is 2. The Hall–Kier alpha value is -0.720. The fourth-order valence-corrected chi connectivity index (χ4v) is 2.25. The predicted molar refractivity (Wildman–Crippen MR) is 70.1 cm³/mol. The van der Waals surface area contributed by atoms with Crippen LogP contribution >= 0.6 is 15.9 Å². The van der Waals surface area contributed by atoms with Gasteiger partial charge >= 0.3 is 0 Å². The molecule has 6 heteroatoms. The second-order valence-electron chi connectivity index (χ2n) is 3.93. The van der Waals surface area contributed by atoms with E-state index in [0.29, 0.717) is 0 Å². The Balaban J connectivity index is 2.16. The fraction of sp³-hybridized carbons (Fsp3) is 0.636. The topological polar surface area (TPSA) is 50.3 Å². The highest BCUT2D eigenvalue weighted by atomic mass is 79.9. The van der Waals surface area contributed by atoms with Crippen molar-refractivity contribution in [2.75, 3.05) is 38.6 Å². The van der Waals surface area contributed by atoms with Crippen molar-refractivity contribution >= 4 is 21.7 Å². The highest BCUT2D eigenvalue weighted by Crippen LogP contribution is 2.23. The normalized spacial score (nSPS) is 21.5. The molecule has 1 saturated heterocycles. The molecule has 2 heterocycles. The van der Waals surface area contributed by atoms with Crippen LogP contribution in [-0.2, 0) is 4.74 Å². The Morgan fingerprint density at radius 1 is 1.65 bits per heavy atom. The lowest BCUT2D eigenvalue weighted by atomic mass is 10.2. The molecule has 0 bridgehead atoms. The molecule has 94 valence electrons. The first-order valence-corrected chi connectivity index (χ1v) is 6.58. The Labute approximate surface area is 110 Å². The molecule has 1 aromatic rings. The fourth-order valence-electron chi connectivity index (χ4n) is 1.86. The summed E-state index contributed by atoms with van der Waals surface area (Å²) in [6, 6.07) is 0. The molecule has 0 spiro atoms. The van der Waals surface area contributed by atoms with Gasteiger partial charge in [-0.05, 0) is 22.5 Å². The molecule has 1 aliphatic heterocycles. The number of hydrogen-bond acceptors (Lipinski definition) is 5. The minimum absolute atomic E-state index is 0.0242. The molecule has 5 nitrogen and oxygen atoms in total. The van der Waals surface area contributed by atoms with Crippen LogP contribution < -0.4 is 5.32 Å². The van der Waals surface area contributed by atoms with Crippen molar-refractivity contribution in [1.29, 1.82) is 0 Å². The van der Waals surface area contributed by atoms with Gasteiger partial charge in [-0.1, -0.05) is 6.92 Å². The number of likely N-dealkylation sites (N-methyl/N-ethyl adjacent to an activating group) is 1. The van der Waals surface area contributed by atoms with Gasteiger partial charge in [0.05, 0.1) is 11.1 Å². The maximum absolute atomic E-state index is 5.73. The molecule has 0 saturated carbocycles. The molecule has 0 aromatic carbocycles. The van der Waals surface area contributed by atoms with Crippen LogP contribution in [0.4, 0.5) is 5.82 Å². The van der Waals surface area contributed by atoms with Crippen LogP contribution in [-0.4, -0.2) is 48.2 Å². The van der Waals surface area contributed by atoms with Crippen LogP contribution in [0, 0.1) is 0 Å². The van der Waals surface area contributed by atoms with Crippen molar-refractivity contribution in [3.8, 4) is 0 Å². The first kappa shape index (κ1) is 12.7. The standard InChI is InChI=1S/C11H17BrN4O/c1-3-16-4-5-17-9(7-16)11-14-6-8(12)10(13-2)15-11/h6,9H,3-5,7H2,1-2H3,(H,13,14,15). The summed E-state index contributed by atoms with van der Waals surface area (Å²) in [5, 5.41) is 3.03. The number of rotatable bonds is 3. The zero-order chi connectivity index (χ0) is 12.3. The van der Waals surface area contributed by atoms with E-state index in [1.165, 1.54) is 0 Å². The highest BCUT2D eigenvalue weighted by molar-refractivity contribution is 9.10. The van der Waals surface area contributed by atoms with E-state index < -0.39 is 0 Å². The molecule has 0 amide bonds. The largest absolute Gasteiger partial charge is 0.372 e. The summed E-state index contributed by atoms with van der Waals surface area (Å²) in [7, 11) is 1.84. The summed E-state index contributed by atoms with van der Waals surface area (Å²) in [5.41, 5.74) is 0. The molecule has 1 aromatic heterocycles. The lowest BCUT2D eigenvalue weighted by Gasteiger charge is -2.31. The molecule has 1 N–H and O–H groups in total. The average Bonchev–Trinajstić information content (AvgIpc) is 2.39. The molecule has 1 unspecified atom stereocenters. The first-order chi connectivity index (χ1) is 8.24. The first-order valence-electron chi connectivity index (χ1n) is 5.78. The zero-order valence-corrected chi connectivity index (χ0v) is 11.7. The van der Waals surface area contributed by atoms with Gasteiger partial charge in [0.1, 0.15) is 11.9 Å². The Morgan fingerprint density at radius 2 is 2.47 bits per heavy atom. The molecule has 2 rings (SSSR count). The minimum atomic E-state index is -0.0242. The zero-order valence-electron chi connectivity index (χ0n) is 10.1. The summed E-state index contributed by atoms with van der Waals surface area (Å²) in [5.74, 6) is 1.54. The molecule has 1 fully saturated rings. The molecule has 17 heavy (non-hydrogen) atoms. The van der Waals surface area contributed by atoms with Gasteiger partial charge in [-0.3, -0.25) is 4.90 Å². The molecule has 0 aliphatic carbocycles. The lowest BCUT2D eigenvalue weighted by Crippen LogP contribution is -2.38. The number of halogens is 1. The number of nitrogens with zero attached hydrogens (tertiary/aromatic N) is 3. The average molecular weight is 301 g/mol.